The number of aliphatic hydroxyl groups excluding tert-OH is 1. The third-order valence-corrected chi connectivity index (χ3v) is 5.39. The van der Waals surface area contributed by atoms with Crippen LogP contribution in [0.2, 0.25) is 0 Å². The van der Waals surface area contributed by atoms with E-state index >= 15 is 0 Å². The number of aliphatic carboxylic acids is 1. The molecule has 10 heteroatoms. The fourth-order valence-electron chi connectivity index (χ4n) is 3.02. The maximum Gasteiger partial charge on any atom is 0.326 e. The minimum absolute atomic E-state index is 0.0405. The lowest BCUT2D eigenvalue weighted by Gasteiger charge is -2.24. The zero-order valence-corrected chi connectivity index (χ0v) is 17.7. The first kappa shape index (κ1) is 23.7. The third-order valence-electron chi connectivity index (χ3n) is 4.75. The molecule has 7 N–H and O–H groups in total. The highest BCUT2D eigenvalue weighted by Crippen LogP contribution is 2.19. The van der Waals surface area contributed by atoms with Crippen molar-refractivity contribution in [2.24, 2.45) is 5.73 Å². The molecule has 30 heavy (non-hydrogen) atoms. The van der Waals surface area contributed by atoms with Crippen LogP contribution in [0.4, 0.5) is 0 Å². The second-order valence-corrected chi connectivity index (χ2v) is 8.06. The first-order valence-corrected chi connectivity index (χ1v) is 10.9. The summed E-state index contributed by atoms with van der Waals surface area (Å²) in [4.78, 5) is 39.7. The average molecular weight is 437 g/mol. The monoisotopic (exact) mass is 436 g/mol. The molecule has 0 aliphatic rings. The number of aliphatic hydroxyl groups is 1. The quantitative estimate of drug-likeness (QED) is 0.294. The molecule has 0 bridgehead atoms. The van der Waals surface area contributed by atoms with Crippen LogP contribution < -0.4 is 16.4 Å². The Bertz CT molecular complexity index is 885. The van der Waals surface area contributed by atoms with Crippen molar-refractivity contribution < 1.29 is 24.6 Å². The van der Waals surface area contributed by atoms with Crippen molar-refractivity contribution in [3.05, 3.63) is 36.0 Å². The van der Waals surface area contributed by atoms with Gasteiger partial charge in [0.1, 0.15) is 12.1 Å². The SMILES string of the molecule is CSCCC(N)C(=O)NC(C(=O)NC(Cc1c[nH]c2ccccc12)C(=O)O)C(C)O. The number of carbonyl (C=O) groups is 3. The van der Waals surface area contributed by atoms with Gasteiger partial charge in [-0.15, -0.1) is 0 Å². The highest BCUT2D eigenvalue weighted by Gasteiger charge is 2.31. The van der Waals surface area contributed by atoms with Gasteiger partial charge in [0.2, 0.25) is 11.8 Å². The molecule has 164 valence electrons. The number of para-hydroxylation sites is 1. The van der Waals surface area contributed by atoms with Gasteiger partial charge >= 0.3 is 5.97 Å². The number of fused-ring (bicyclic) bond motifs is 1. The maximum absolute atomic E-state index is 12.7. The molecule has 0 saturated heterocycles. The molecule has 9 nitrogen and oxygen atoms in total. The predicted molar refractivity (Wildman–Crippen MR) is 116 cm³/mol. The van der Waals surface area contributed by atoms with Crippen molar-refractivity contribution in [2.75, 3.05) is 12.0 Å². The van der Waals surface area contributed by atoms with Gasteiger partial charge in [-0.3, -0.25) is 9.59 Å². The number of rotatable bonds is 11. The maximum atomic E-state index is 12.7. The van der Waals surface area contributed by atoms with Gasteiger partial charge < -0.3 is 31.6 Å². The van der Waals surface area contributed by atoms with Gasteiger partial charge in [-0.2, -0.15) is 11.8 Å². The number of aromatic nitrogens is 1. The number of hydrogen-bond acceptors (Lipinski definition) is 6. The number of carbonyl (C=O) groups excluding carboxylic acids is 2. The summed E-state index contributed by atoms with van der Waals surface area (Å²) < 4.78 is 0. The van der Waals surface area contributed by atoms with Crippen LogP contribution in [0.1, 0.15) is 18.9 Å². The van der Waals surface area contributed by atoms with Crippen molar-refractivity contribution in [3.63, 3.8) is 0 Å². The highest BCUT2D eigenvalue weighted by atomic mass is 32.2. The smallest absolute Gasteiger partial charge is 0.326 e. The predicted octanol–water partition coefficient (Wildman–Crippen LogP) is 0.226. The number of nitrogens with two attached hydrogens (primary N) is 1. The lowest BCUT2D eigenvalue weighted by Crippen LogP contribution is -2.58. The Balaban J connectivity index is 2.09. The van der Waals surface area contributed by atoms with E-state index in [1.54, 1.807) is 6.20 Å². The van der Waals surface area contributed by atoms with E-state index in [4.69, 9.17) is 5.73 Å². The standard InChI is InChI=1S/C20H28N4O5S/c1-11(25)17(24-18(26)14(21)7-8-30-2)19(27)23-16(20(28)29)9-12-10-22-15-6-4-3-5-13(12)15/h3-6,10-11,14,16-17,22,25H,7-9,21H2,1-2H3,(H,23,27)(H,24,26)(H,28,29). The van der Waals surface area contributed by atoms with Gasteiger partial charge in [0.25, 0.3) is 0 Å². The van der Waals surface area contributed by atoms with E-state index in [9.17, 15) is 24.6 Å². The summed E-state index contributed by atoms with van der Waals surface area (Å²) in [5.74, 6) is -1.91. The highest BCUT2D eigenvalue weighted by molar-refractivity contribution is 7.98. The Labute approximate surface area is 178 Å². The Kier molecular flexibility index (Phi) is 8.70. The molecule has 1 aromatic carbocycles. The molecule has 0 saturated carbocycles. The molecule has 1 aromatic heterocycles. The van der Waals surface area contributed by atoms with Crippen LogP contribution in [-0.4, -0.2) is 69.2 Å². The van der Waals surface area contributed by atoms with Crippen molar-refractivity contribution in [3.8, 4) is 0 Å². The lowest BCUT2D eigenvalue weighted by atomic mass is 10.0. The number of benzene rings is 1. The summed E-state index contributed by atoms with van der Waals surface area (Å²) in [5, 5.41) is 25.2. The van der Waals surface area contributed by atoms with Crippen LogP contribution in [0.5, 0.6) is 0 Å². The number of carboxylic acid groups (broad SMARTS) is 1. The first-order valence-electron chi connectivity index (χ1n) is 9.55. The van der Waals surface area contributed by atoms with E-state index in [2.05, 4.69) is 15.6 Å². The summed E-state index contributed by atoms with van der Waals surface area (Å²) in [6.45, 7) is 1.34. The van der Waals surface area contributed by atoms with Crippen molar-refractivity contribution in [1.82, 2.24) is 15.6 Å². The first-order chi connectivity index (χ1) is 14.2. The van der Waals surface area contributed by atoms with Gasteiger partial charge in [0.15, 0.2) is 0 Å². The third kappa shape index (κ3) is 6.22. The largest absolute Gasteiger partial charge is 0.480 e. The molecule has 2 rings (SSSR count). The summed E-state index contributed by atoms with van der Waals surface area (Å²) in [6, 6.07) is 4.05. The number of carboxylic acids is 1. The number of thioether (sulfide) groups is 1. The second-order valence-electron chi connectivity index (χ2n) is 7.08. The number of H-pyrrole nitrogens is 1. The Morgan fingerprint density at radius 3 is 2.53 bits per heavy atom. The molecule has 2 amide bonds. The van der Waals surface area contributed by atoms with Gasteiger partial charge in [0, 0.05) is 23.5 Å². The van der Waals surface area contributed by atoms with E-state index in [-0.39, 0.29) is 6.42 Å². The molecule has 0 spiro atoms. The normalized spacial score (nSPS) is 15.2. The molecule has 0 fully saturated rings. The minimum Gasteiger partial charge on any atom is -0.480 e. The Morgan fingerprint density at radius 2 is 1.90 bits per heavy atom. The molecular formula is C20H28N4O5S. The second kappa shape index (κ2) is 11.0. The van der Waals surface area contributed by atoms with Crippen LogP contribution in [0, 0.1) is 0 Å². The fraction of sp³-hybridized carbons (Fsp3) is 0.450. The Hall–Kier alpha value is -2.56. The molecule has 4 atom stereocenters. The average Bonchev–Trinajstić information content (AvgIpc) is 3.11. The van der Waals surface area contributed by atoms with E-state index in [0.29, 0.717) is 12.2 Å². The molecule has 2 aromatic rings. The summed E-state index contributed by atoms with van der Waals surface area (Å²) >= 11 is 1.54. The molecule has 0 aliphatic heterocycles. The molecule has 1 heterocycles. The summed E-state index contributed by atoms with van der Waals surface area (Å²) in [7, 11) is 0. The number of hydrogen-bond donors (Lipinski definition) is 6. The van der Waals surface area contributed by atoms with Crippen LogP contribution in [0.25, 0.3) is 10.9 Å². The number of amides is 2. The van der Waals surface area contributed by atoms with Crippen LogP contribution in [0.3, 0.4) is 0 Å². The lowest BCUT2D eigenvalue weighted by molar-refractivity contribution is -0.142. The van der Waals surface area contributed by atoms with Gasteiger partial charge in [-0.1, -0.05) is 18.2 Å². The number of nitrogens with one attached hydrogen (secondary N) is 3. The summed E-state index contributed by atoms with van der Waals surface area (Å²) in [6.07, 6.45) is 2.81. The van der Waals surface area contributed by atoms with Gasteiger partial charge in [0.05, 0.1) is 12.1 Å². The van der Waals surface area contributed by atoms with Crippen LogP contribution >= 0.6 is 11.8 Å². The van der Waals surface area contributed by atoms with Crippen molar-refractivity contribution in [1.29, 1.82) is 0 Å². The molecule has 4 unspecified atom stereocenters. The van der Waals surface area contributed by atoms with Crippen molar-refractivity contribution in [2.45, 2.75) is 44.0 Å². The Morgan fingerprint density at radius 1 is 1.20 bits per heavy atom. The summed E-state index contributed by atoms with van der Waals surface area (Å²) in [5.41, 5.74) is 7.40. The fourth-order valence-corrected chi connectivity index (χ4v) is 3.51. The molecular weight excluding hydrogens is 408 g/mol. The zero-order valence-electron chi connectivity index (χ0n) is 16.9. The topological polar surface area (TPSA) is 158 Å². The minimum atomic E-state index is -1.32. The van der Waals surface area contributed by atoms with E-state index in [1.165, 1.54) is 18.7 Å². The zero-order chi connectivity index (χ0) is 22.3. The van der Waals surface area contributed by atoms with Gasteiger partial charge in [-0.25, -0.2) is 4.79 Å². The number of aromatic amines is 1. The molecule has 0 radical (unpaired) electrons. The van der Waals surface area contributed by atoms with E-state index in [0.717, 1.165) is 16.5 Å². The van der Waals surface area contributed by atoms with E-state index < -0.39 is 42.0 Å². The van der Waals surface area contributed by atoms with Gasteiger partial charge in [-0.05, 0) is 37.0 Å². The van der Waals surface area contributed by atoms with E-state index in [1.807, 2.05) is 30.5 Å². The molecule has 0 aliphatic carbocycles. The van der Waals surface area contributed by atoms with Crippen LogP contribution in [-0.2, 0) is 20.8 Å². The van der Waals surface area contributed by atoms with Crippen LogP contribution in [0.15, 0.2) is 30.5 Å². The van der Waals surface area contributed by atoms with Crippen molar-refractivity contribution >= 4 is 40.4 Å².